The van der Waals surface area contributed by atoms with E-state index < -0.39 is 0 Å². The van der Waals surface area contributed by atoms with Gasteiger partial charge in [-0.1, -0.05) is 182 Å². The van der Waals surface area contributed by atoms with Gasteiger partial charge < -0.3 is 0 Å². The van der Waals surface area contributed by atoms with Crippen molar-refractivity contribution < 1.29 is 0 Å². The summed E-state index contributed by atoms with van der Waals surface area (Å²) in [5.41, 5.74) is 8.94. The van der Waals surface area contributed by atoms with Crippen LogP contribution in [0.4, 0.5) is 0 Å². The number of allylic oxidation sites excluding steroid dienone is 4. The molecule has 0 amide bonds. The maximum atomic E-state index is 5.14. The first-order valence-corrected chi connectivity index (χ1v) is 18.6. The summed E-state index contributed by atoms with van der Waals surface area (Å²) in [6.45, 7) is 0. The molecule has 0 aliphatic heterocycles. The lowest BCUT2D eigenvalue weighted by Crippen LogP contribution is -2.06. The third-order valence-electron chi connectivity index (χ3n) is 10.6. The van der Waals surface area contributed by atoms with Gasteiger partial charge in [-0.2, -0.15) is 0 Å². The van der Waals surface area contributed by atoms with E-state index in [9.17, 15) is 0 Å². The van der Waals surface area contributed by atoms with E-state index in [2.05, 4.69) is 170 Å². The Morgan fingerprint density at radius 3 is 1.63 bits per heavy atom. The van der Waals surface area contributed by atoms with Crippen LogP contribution in [0.5, 0.6) is 0 Å². The molecule has 3 heteroatoms. The van der Waals surface area contributed by atoms with Crippen LogP contribution in [0.3, 0.4) is 0 Å². The van der Waals surface area contributed by atoms with Crippen LogP contribution in [0.1, 0.15) is 23.7 Å². The molecule has 0 bridgehead atoms. The van der Waals surface area contributed by atoms with Crippen LogP contribution in [0, 0.1) is 0 Å². The summed E-state index contributed by atoms with van der Waals surface area (Å²) in [6, 6.07) is 62.5. The molecule has 10 rings (SSSR count). The molecule has 1 heterocycles. The van der Waals surface area contributed by atoms with E-state index in [4.69, 9.17) is 15.0 Å². The lowest BCUT2D eigenvalue weighted by Gasteiger charge is -2.21. The first-order valence-electron chi connectivity index (χ1n) is 18.6. The Balaban J connectivity index is 1.08. The zero-order valence-corrected chi connectivity index (χ0v) is 29.6. The highest BCUT2D eigenvalue weighted by Crippen LogP contribution is 2.41. The van der Waals surface area contributed by atoms with E-state index in [-0.39, 0.29) is 5.92 Å². The van der Waals surface area contributed by atoms with Crippen LogP contribution >= 0.6 is 0 Å². The minimum Gasteiger partial charge on any atom is -0.208 e. The predicted octanol–water partition coefficient (Wildman–Crippen LogP) is 13.1. The van der Waals surface area contributed by atoms with Crippen LogP contribution in [-0.2, 0) is 0 Å². The Hall–Kier alpha value is -6.97. The van der Waals surface area contributed by atoms with Crippen molar-refractivity contribution in [2.45, 2.75) is 12.3 Å². The van der Waals surface area contributed by atoms with Crippen LogP contribution < -0.4 is 0 Å². The molecule has 8 aromatic carbocycles. The topological polar surface area (TPSA) is 38.7 Å². The van der Waals surface area contributed by atoms with E-state index in [1.165, 1.54) is 49.0 Å². The van der Waals surface area contributed by atoms with Crippen molar-refractivity contribution in [2.24, 2.45) is 0 Å². The van der Waals surface area contributed by atoms with Gasteiger partial charge >= 0.3 is 0 Å². The Labute approximate surface area is 314 Å². The average Bonchev–Trinajstić information content (AvgIpc) is 3.27. The van der Waals surface area contributed by atoms with E-state index in [0.717, 1.165) is 34.2 Å². The molecule has 0 radical (unpaired) electrons. The van der Waals surface area contributed by atoms with Crippen molar-refractivity contribution in [3.63, 3.8) is 0 Å². The van der Waals surface area contributed by atoms with Gasteiger partial charge in [-0.25, -0.2) is 15.0 Å². The molecule has 0 N–H and O–H groups in total. The minimum absolute atomic E-state index is 0.145. The normalized spacial score (nSPS) is 14.1. The number of rotatable bonds is 6. The molecule has 1 atom stereocenters. The molecular weight excluding hydrogens is 655 g/mol. The zero-order chi connectivity index (χ0) is 35.8. The quantitative estimate of drug-likeness (QED) is 0.163. The summed E-state index contributed by atoms with van der Waals surface area (Å²) >= 11 is 0. The number of hydrogen-bond acceptors (Lipinski definition) is 3. The first-order chi connectivity index (χ1) is 26.8. The number of nitrogens with zero attached hydrogens (tertiary/aromatic N) is 3. The molecule has 1 aliphatic carbocycles. The van der Waals surface area contributed by atoms with Crippen LogP contribution in [0.15, 0.2) is 194 Å². The lowest BCUT2D eigenvalue weighted by atomic mass is 9.84. The highest BCUT2D eigenvalue weighted by atomic mass is 15.0. The fraction of sp³-hybridized carbons (Fsp3) is 0.0392. The summed E-state index contributed by atoms with van der Waals surface area (Å²) < 4.78 is 0. The number of hydrogen-bond donors (Lipinski definition) is 0. The molecule has 0 fully saturated rings. The molecule has 54 heavy (non-hydrogen) atoms. The van der Waals surface area contributed by atoms with Gasteiger partial charge in [-0.15, -0.1) is 0 Å². The molecule has 0 spiro atoms. The van der Waals surface area contributed by atoms with E-state index >= 15 is 0 Å². The average molecular weight is 690 g/mol. The summed E-state index contributed by atoms with van der Waals surface area (Å²) in [5, 5.41) is 7.70. The third-order valence-corrected chi connectivity index (χ3v) is 10.6. The second-order valence-corrected chi connectivity index (χ2v) is 13.9. The molecule has 3 nitrogen and oxygen atoms in total. The molecule has 1 aromatic heterocycles. The number of benzene rings is 8. The van der Waals surface area contributed by atoms with Crippen LogP contribution in [-0.4, -0.2) is 15.0 Å². The smallest absolute Gasteiger partial charge is 0.164 e. The molecule has 9 aromatic rings. The Morgan fingerprint density at radius 1 is 0.370 bits per heavy atom. The van der Waals surface area contributed by atoms with Gasteiger partial charge in [0, 0.05) is 22.6 Å². The summed E-state index contributed by atoms with van der Waals surface area (Å²) in [6.07, 6.45) is 7.67. The van der Waals surface area contributed by atoms with Gasteiger partial charge in [-0.05, 0) is 78.7 Å². The van der Waals surface area contributed by atoms with E-state index in [1.807, 2.05) is 24.3 Å². The van der Waals surface area contributed by atoms with Gasteiger partial charge in [0.05, 0.1) is 0 Å². The van der Waals surface area contributed by atoms with Gasteiger partial charge in [0.1, 0.15) is 0 Å². The second-order valence-electron chi connectivity index (χ2n) is 13.9. The molecule has 1 aliphatic rings. The van der Waals surface area contributed by atoms with Gasteiger partial charge in [-0.3, -0.25) is 0 Å². The monoisotopic (exact) mass is 689 g/mol. The van der Waals surface area contributed by atoms with Crippen molar-refractivity contribution in [3.8, 4) is 45.0 Å². The summed E-state index contributed by atoms with van der Waals surface area (Å²) in [5.74, 6) is 2.14. The fourth-order valence-electron chi connectivity index (χ4n) is 8.03. The summed E-state index contributed by atoms with van der Waals surface area (Å²) in [7, 11) is 0. The van der Waals surface area contributed by atoms with Crippen molar-refractivity contribution in [3.05, 3.63) is 206 Å². The maximum absolute atomic E-state index is 5.14. The van der Waals surface area contributed by atoms with Gasteiger partial charge in [0.25, 0.3) is 0 Å². The zero-order valence-electron chi connectivity index (χ0n) is 29.6. The largest absolute Gasteiger partial charge is 0.208 e. The highest BCUT2D eigenvalue weighted by molar-refractivity contribution is 6.25. The molecule has 0 saturated carbocycles. The van der Waals surface area contributed by atoms with E-state index in [0.29, 0.717) is 17.5 Å². The first kappa shape index (κ1) is 31.7. The maximum Gasteiger partial charge on any atom is 0.164 e. The van der Waals surface area contributed by atoms with Crippen molar-refractivity contribution in [1.82, 2.24) is 15.0 Å². The Kier molecular flexibility index (Phi) is 7.96. The Bertz CT molecular complexity index is 2870. The summed E-state index contributed by atoms with van der Waals surface area (Å²) in [4.78, 5) is 15.3. The molecule has 0 saturated heterocycles. The third kappa shape index (κ3) is 5.77. The SMILES string of the molecule is C1=CC(c2nc(-c3ccccc3)nc(-c3cccc(-c4ccccc4)c3)n2)=CC(c2ccccc2-c2ccc3c4ccccc4c4ccccc4c3c2)C1. The predicted molar refractivity (Wildman–Crippen MR) is 225 cm³/mol. The van der Waals surface area contributed by atoms with Crippen molar-refractivity contribution >= 4 is 37.9 Å². The van der Waals surface area contributed by atoms with Crippen LogP contribution in [0.25, 0.3) is 82.9 Å². The standard InChI is InChI=1S/C51H35N3/c1-3-15-34(16-4-1)36-19-13-21-39(31-36)50-52-49(35-17-5-2-6-18-35)53-51(54-50)40-22-14-20-37(32-40)41-23-7-8-24-42(41)38-29-30-47-45-27-10-9-25-43(45)44-26-11-12-28-46(44)48(47)33-38/h1-19,21-33,37H,20H2. The van der Waals surface area contributed by atoms with E-state index in [1.54, 1.807) is 0 Å². The molecule has 1 unspecified atom stereocenters. The van der Waals surface area contributed by atoms with Crippen LogP contribution in [0.2, 0.25) is 0 Å². The van der Waals surface area contributed by atoms with Crippen molar-refractivity contribution in [1.29, 1.82) is 0 Å². The highest BCUT2D eigenvalue weighted by Gasteiger charge is 2.21. The lowest BCUT2D eigenvalue weighted by molar-refractivity contribution is 0.856. The number of aromatic nitrogens is 3. The molecular formula is C51H35N3. The van der Waals surface area contributed by atoms with Gasteiger partial charge in [0.15, 0.2) is 17.5 Å². The van der Waals surface area contributed by atoms with Crippen molar-refractivity contribution in [2.75, 3.05) is 0 Å². The Morgan fingerprint density at radius 2 is 0.907 bits per heavy atom. The molecule has 254 valence electrons. The fourth-order valence-corrected chi connectivity index (χ4v) is 8.03. The number of fused-ring (bicyclic) bond motifs is 6. The van der Waals surface area contributed by atoms with Gasteiger partial charge in [0.2, 0.25) is 0 Å². The second kappa shape index (κ2) is 13.5. The minimum atomic E-state index is 0.145.